The number of nitriles is 3. The van der Waals surface area contributed by atoms with Crippen LogP contribution in [0.4, 0.5) is 0 Å². The molecular formula is C17H15N5S. The standard InChI is InChI=1S/C17H15N5S/c1-22-5-4-11-12(7-18)16(21)17(9-19,10-20)15(13(11)8-22)14-3-2-6-23-14/h2-4,6,13,15H,5,8,21H2,1H3/t13-,15+/m0/s1. The van der Waals surface area contributed by atoms with Crippen molar-refractivity contribution in [1.29, 1.82) is 15.8 Å². The summed E-state index contributed by atoms with van der Waals surface area (Å²) in [6, 6.07) is 10.2. The van der Waals surface area contributed by atoms with E-state index in [4.69, 9.17) is 5.73 Å². The van der Waals surface area contributed by atoms with Crippen molar-refractivity contribution < 1.29 is 0 Å². The quantitative estimate of drug-likeness (QED) is 0.853. The van der Waals surface area contributed by atoms with Crippen LogP contribution in [0.5, 0.6) is 0 Å². The number of nitrogens with zero attached hydrogens (tertiary/aromatic N) is 4. The Labute approximate surface area is 139 Å². The van der Waals surface area contributed by atoms with Crippen LogP contribution in [0.3, 0.4) is 0 Å². The monoisotopic (exact) mass is 321 g/mol. The number of allylic oxidation sites excluding steroid dienone is 2. The SMILES string of the molecule is CN1CC=C2C(C#N)=C(N)C(C#N)(C#N)[C@@H](c3cccs3)[C@H]2C1. The molecule has 0 aromatic carbocycles. The van der Waals surface area contributed by atoms with Crippen LogP contribution in [-0.4, -0.2) is 25.0 Å². The van der Waals surface area contributed by atoms with Crippen LogP contribution in [0, 0.1) is 45.3 Å². The zero-order valence-corrected chi connectivity index (χ0v) is 13.5. The molecule has 2 N–H and O–H groups in total. The van der Waals surface area contributed by atoms with E-state index < -0.39 is 5.41 Å². The molecule has 114 valence electrons. The fourth-order valence-electron chi connectivity index (χ4n) is 3.60. The Morgan fingerprint density at radius 3 is 2.65 bits per heavy atom. The fraction of sp³-hybridized carbons (Fsp3) is 0.353. The first kappa shape index (κ1) is 15.3. The second kappa shape index (κ2) is 5.56. The highest BCUT2D eigenvalue weighted by atomic mass is 32.1. The third-order valence-electron chi connectivity index (χ3n) is 4.70. The second-order valence-corrected chi connectivity index (χ2v) is 6.89. The maximum Gasteiger partial charge on any atom is 0.192 e. The van der Waals surface area contributed by atoms with Gasteiger partial charge in [0.15, 0.2) is 5.41 Å². The summed E-state index contributed by atoms with van der Waals surface area (Å²) in [7, 11) is 1.99. The van der Waals surface area contributed by atoms with E-state index in [9.17, 15) is 15.8 Å². The predicted molar refractivity (Wildman–Crippen MR) is 86.6 cm³/mol. The number of nitrogens with two attached hydrogens (primary N) is 1. The Bertz CT molecular complexity index is 799. The van der Waals surface area contributed by atoms with Crippen molar-refractivity contribution in [3.05, 3.63) is 45.3 Å². The lowest BCUT2D eigenvalue weighted by molar-refractivity contribution is 0.240. The molecule has 5 nitrogen and oxygen atoms in total. The fourth-order valence-corrected chi connectivity index (χ4v) is 4.56. The first-order valence-electron chi connectivity index (χ1n) is 7.24. The number of thiophene rings is 1. The third kappa shape index (κ3) is 2.06. The van der Waals surface area contributed by atoms with Gasteiger partial charge >= 0.3 is 0 Å². The highest BCUT2D eigenvalue weighted by Gasteiger charge is 2.54. The first-order chi connectivity index (χ1) is 11.1. The maximum absolute atomic E-state index is 9.83. The van der Waals surface area contributed by atoms with Gasteiger partial charge in [-0.25, -0.2) is 0 Å². The Balaban J connectivity index is 2.33. The molecule has 0 radical (unpaired) electrons. The summed E-state index contributed by atoms with van der Waals surface area (Å²) < 4.78 is 0. The summed E-state index contributed by atoms with van der Waals surface area (Å²) >= 11 is 1.52. The Morgan fingerprint density at radius 1 is 1.35 bits per heavy atom. The third-order valence-corrected chi connectivity index (χ3v) is 5.65. The number of hydrogen-bond donors (Lipinski definition) is 1. The van der Waals surface area contributed by atoms with Crippen LogP contribution in [-0.2, 0) is 0 Å². The van der Waals surface area contributed by atoms with Gasteiger partial charge in [0, 0.05) is 29.8 Å². The summed E-state index contributed by atoms with van der Waals surface area (Å²) in [4.78, 5) is 3.09. The van der Waals surface area contributed by atoms with Gasteiger partial charge < -0.3 is 10.6 Å². The molecule has 23 heavy (non-hydrogen) atoms. The molecule has 3 rings (SSSR count). The van der Waals surface area contributed by atoms with Gasteiger partial charge in [0.1, 0.15) is 6.07 Å². The lowest BCUT2D eigenvalue weighted by atomic mass is 9.59. The molecule has 1 aromatic heterocycles. The lowest BCUT2D eigenvalue weighted by Gasteiger charge is -2.44. The van der Waals surface area contributed by atoms with E-state index in [0.29, 0.717) is 12.1 Å². The largest absolute Gasteiger partial charge is 0.399 e. The van der Waals surface area contributed by atoms with Crippen LogP contribution in [0.1, 0.15) is 10.8 Å². The van der Waals surface area contributed by atoms with E-state index in [2.05, 4.69) is 23.1 Å². The van der Waals surface area contributed by atoms with Gasteiger partial charge in [0.2, 0.25) is 0 Å². The molecule has 1 aliphatic heterocycles. The minimum atomic E-state index is -1.50. The average molecular weight is 321 g/mol. The lowest BCUT2D eigenvalue weighted by Crippen LogP contribution is -2.47. The molecule has 2 aliphatic rings. The molecule has 0 bridgehead atoms. The van der Waals surface area contributed by atoms with Crippen LogP contribution < -0.4 is 5.73 Å². The van der Waals surface area contributed by atoms with Crippen molar-refractivity contribution in [2.45, 2.75) is 5.92 Å². The molecule has 1 aliphatic carbocycles. The minimum Gasteiger partial charge on any atom is -0.399 e. The minimum absolute atomic E-state index is 0.0892. The van der Waals surface area contributed by atoms with E-state index in [0.717, 1.165) is 17.0 Å². The van der Waals surface area contributed by atoms with E-state index in [-0.39, 0.29) is 17.5 Å². The van der Waals surface area contributed by atoms with Crippen molar-refractivity contribution in [3.63, 3.8) is 0 Å². The smallest absolute Gasteiger partial charge is 0.192 e. The zero-order valence-electron chi connectivity index (χ0n) is 12.7. The van der Waals surface area contributed by atoms with Crippen molar-refractivity contribution in [3.8, 4) is 18.2 Å². The van der Waals surface area contributed by atoms with E-state index in [1.807, 2.05) is 30.6 Å². The Kier molecular flexibility index (Phi) is 3.70. The normalized spacial score (nSPS) is 26.4. The number of likely N-dealkylation sites (N-methyl/N-ethyl adjacent to an activating group) is 1. The molecule has 0 amide bonds. The van der Waals surface area contributed by atoms with Crippen LogP contribution >= 0.6 is 11.3 Å². The van der Waals surface area contributed by atoms with Crippen molar-refractivity contribution in [2.24, 2.45) is 17.1 Å². The van der Waals surface area contributed by atoms with Crippen molar-refractivity contribution in [2.75, 3.05) is 20.1 Å². The predicted octanol–water partition coefficient (Wildman–Crippen LogP) is 2.10. The Morgan fingerprint density at radius 2 is 2.09 bits per heavy atom. The van der Waals surface area contributed by atoms with Crippen molar-refractivity contribution in [1.82, 2.24) is 4.90 Å². The number of hydrogen-bond acceptors (Lipinski definition) is 6. The molecule has 2 heterocycles. The molecule has 1 aromatic rings. The molecule has 6 heteroatoms. The van der Waals surface area contributed by atoms with Gasteiger partial charge in [-0.2, -0.15) is 15.8 Å². The molecule has 0 fully saturated rings. The first-order valence-corrected chi connectivity index (χ1v) is 8.12. The van der Waals surface area contributed by atoms with Gasteiger partial charge in [-0.05, 0) is 24.1 Å². The molecule has 0 saturated carbocycles. The summed E-state index contributed by atoms with van der Waals surface area (Å²) in [6.45, 7) is 1.42. The Hall–Kier alpha value is -2.59. The summed E-state index contributed by atoms with van der Waals surface area (Å²) in [5, 5.41) is 31.1. The van der Waals surface area contributed by atoms with Gasteiger partial charge in [-0.1, -0.05) is 12.1 Å². The van der Waals surface area contributed by atoms with Gasteiger partial charge in [0.05, 0.1) is 23.4 Å². The number of rotatable bonds is 1. The van der Waals surface area contributed by atoms with Gasteiger partial charge in [-0.3, -0.25) is 0 Å². The van der Waals surface area contributed by atoms with Gasteiger partial charge in [-0.15, -0.1) is 11.3 Å². The van der Waals surface area contributed by atoms with Crippen LogP contribution in [0.15, 0.2) is 40.4 Å². The van der Waals surface area contributed by atoms with Crippen LogP contribution in [0.2, 0.25) is 0 Å². The average Bonchev–Trinajstić information content (AvgIpc) is 3.08. The maximum atomic E-state index is 9.83. The van der Waals surface area contributed by atoms with E-state index >= 15 is 0 Å². The second-order valence-electron chi connectivity index (χ2n) is 5.91. The van der Waals surface area contributed by atoms with Gasteiger partial charge in [0.25, 0.3) is 0 Å². The summed E-state index contributed by atoms with van der Waals surface area (Å²) in [5.41, 5.74) is 5.96. The van der Waals surface area contributed by atoms with Crippen molar-refractivity contribution >= 4 is 11.3 Å². The highest BCUT2D eigenvalue weighted by molar-refractivity contribution is 7.10. The molecule has 0 spiro atoms. The van der Waals surface area contributed by atoms with E-state index in [1.54, 1.807) is 0 Å². The van der Waals surface area contributed by atoms with Crippen LogP contribution in [0.25, 0.3) is 0 Å². The number of fused-ring (bicyclic) bond motifs is 1. The molecule has 2 atom stereocenters. The molecule has 0 saturated heterocycles. The topological polar surface area (TPSA) is 101 Å². The summed E-state index contributed by atoms with van der Waals surface area (Å²) in [6.07, 6.45) is 2.00. The molecule has 0 unspecified atom stereocenters. The summed E-state index contributed by atoms with van der Waals surface area (Å²) in [5.74, 6) is -0.447. The highest BCUT2D eigenvalue weighted by Crippen LogP contribution is 2.54. The van der Waals surface area contributed by atoms with E-state index in [1.165, 1.54) is 11.3 Å². The zero-order chi connectivity index (χ0) is 16.6. The molecular weight excluding hydrogens is 306 g/mol.